The van der Waals surface area contributed by atoms with Gasteiger partial charge in [0.25, 0.3) is 5.69 Å². The molecule has 1 saturated heterocycles. The molecule has 1 aromatic carbocycles. The third-order valence-corrected chi connectivity index (χ3v) is 4.99. The number of nitrogens with one attached hydrogen (secondary N) is 2. The number of hydrogen-bond donors (Lipinski definition) is 2. The van der Waals surface area contributed by atoms with Crippen LogP contribution in [0.5, 0.6) is 0 Å². The zero-order valence-corrected chi connectivity index (χ0v) is 11.7. The number of nitro groups is 1. The summed E-state index contributed by atoms with van der Waals surface area (Å²) in [5.74, 6) is 1.05. The van der Waals surface area contributed by atoms with Gasteiger partial charge < -0.3 is 10.6 Å². The molecular weight excluding hydrogens is 278 g/mol. The molecule has 0 radical (unpaired) electrons. The van der Waals surface area contributed by atoms with Crippen molar-refractivity contribution >= 4 is 34.7 Å². The van der Waals surface area contributed by atoms with Crippen molar-refractivity contribution in [2.75, 3.05) is 22.9 Å². The molecule has 1 amide bonds. The average Bonchev–Trinajstić information content (AvgIpc) is 3.02. The molecule has 0 bridgehead atoms. The number of carbonyl (C=O) groups is 1. The summed E-state index contributed by atoms with van der Waals surface area (Å²) in [6.45, 7) is 0.720. The molecular formula is C13H15N3O3S. The second-order valence-corrected chi connectivity index (χ2v) is 6.43. The highest BCUT2D eigenvalue weighted by Gasteiger charge is 2.25. The lowest BCUT2D eigenvalue weighted by Crippen LogP contribution is -2.14. The summed E-state index contributed by atoms with van der Waals surface area (Å²) in [6, 6.07) is 3.18. The minimum absolute atomic E-state index is 0.0447. The number of benzene rings is 1. The lowest BCUT2D eigenvalue weighted by atomic mass is 10.1. The average molecular weight is 293 g/mol. The first kappa shape index (κ1) is 13.2. The molecule has 2 aliphatic heterocycles. The Morgan fingerprint density at radius 2 is 2.35 bits per heavy atom. The van der Waals surface area contributed by atoms with Crippen LogP contribution in [0, 0.1) is 10.1 Å². The number of thioether (sulfide) groups is 1. The van der Waals surface area contributed by atoms with Crippen molar-refractivity contribution in [3.63, 3.8) is 0 Å². The van der Waals surface area contributed by atoms with Gasteiger partial charge in [0.05, 0.1) is 11.3 Å². The van der Waals surface area contributed by atoms with Gasteiger partial charge in [-0.05, 0) is 30.2 Å². The summed E-state index contributed by atoms with van der Waals surface area (Å²) in [4.78, 5) is 22.1. The van der Waals surface area contributed by atoms with Crippen molar-refractivity contribution in [2.24, 2.45) is 0 Å². The number of fused-ring (bicyclic) bond motifs is 1. The molecule has 2 aliphatic rings. The standard InChI is InChI=1S/C13H15N3O3S/c17-13-5-8-4-12(16(18)19)11(6-10(8)15-13)14-7-9-2-1-3-20-9/h4,6,9,14H,1-3,5,7H2,(H,15,17). The van der Waals surface area contributed by atoms with Gasteiger partial charge in [-0.3, -0.25) is 14.9 Å². The quantitative estimate of drug-likeness (QED) is 0.658. The number of anilines is 2. The van der Waals surface area contributed by atoms with Crippen LogP contribution in [0.25, 0.3) is 0 Å². The smallest absolute Gasteiger partial charge is 0.292 e. The first-order chi connectivity index (χ1) is 9.63. The van der Waals surface area contributed by atoms with E-state index in [-0.39, 0.29) is 18.0 Å². The second kappa shape index (κ2) is 5.32. The van der Waals surface area contributed by atoms with Crippen LogP contribution in [0.2, 0.25) is 0 Å². The third-order valence-electron chi connectivity index (χ3n) is 3.59. The number of nitro benzene ring substituents is 1. The molecule has 1 unspecified atom stereocenters. The van der Waals surface area contributed by atoms with Gasteiger partial charge in [-0.1, -0.05) is 0 Å². The van der Waals surface area contributed by atoms with Crippen LogP contribution in [0.4, 0.5) is 17.1 Å². The van der Waals surface area contributed by atoms with Crippen LogP contribution in [-0.4, -0.2) is 28.4 Å². The van der Waals surface area contributed by atoms with E-state index < -0.39 is 4.92 Å². The van der Waals surface area contributed by atoms with Crippen LogP contribution in [-0.2, 0) is 11.2 Å². The summed E-state index contributed by atoms with van der Waals surface area (Å²) in [7, 11) is 0. The zero-order valence-electron chi connectivity index (χ0n) is 10.8. The molecule has 3 rings (SSSR count). The van der Waals surface area contributed by atoms with E-state index in [9.17, 15) is 14.9 Å². The largest absolute Gasteiger partial charge is 0.378 e. The van der Waals surface area contributed by atoms with E-state index in [0.717, 1.165) is 18.7 Å². The van der Waals surface area contributed by atoms with E-state index in [0.29, 0.717) is 22.2 Å². The number of amides is 1. The molecule has 1 fully saturated rings. The van der Waals surface area contributed by atoms with Crippen LogP contribution < -0.4 is 10.6 Å². The van der Waals surface area contributed by atoms with Crippen molar-refractivity contribution in [3.8, 4) is 0 Å². The normalized spacial score (nSPS) is 20.6. The third kappa shape index (κ3) is 2.58. The first-order valence-corrected chi connectivity index (χ1v) is 7.65. The molecule has 7 heteroatoms. The van der Waals surface area contributed by atoms with Crippen LogP contribution in [0.1, 0.15) is 18.4 Å². The van der Waals surface area contributed by atoms with E-state index in [1.165, 1.54) is 12.5 Å². The van der Waals surface area contributed by atoms with E-state index in [2.05, 4.69) is 10.6 Å². The van der Waals surface area contributed by atoms with Gasteiger partial charge in [0.15, 0.2) is 0 Å². The summed E-state index contributed by atoms with van der Waals surface area (Å²) in [6.07, 6.45) is 2.57. The number of nitrogens with zero attached hydrogens (tertiary/aromatic N) is 1. The molecule has 0 aliphatic carbocycles. The van der Waals surface area contributed by atoms with Crippen molar-refractivity contribution in [3.05, 3.63) is 27.8 Å². The highest BCUT2D eigenvalue weighted by atomic mass is 32.2. The molecule has 0 aromatic heterocycles. The predicted octanol–water partition coefficient (Wildman–Crippen LogP) is 2.40. The van der Waals surface area contributed by atoms with Gasteiger partial charge in [0.2, 0.25) is 5.91 Å². The molecule has 20 heavy (non-hydrogen) atoms. The summed E-state index contributed by atoms with van der Waals surface area (Å²) in [5.41, 5.74) is 1.91. The Balaban J connectivity index is 1.82. The molecule has 6 nitrogen and oxygen atoms in total. The Morgan fingerprint density at radius 1 is 1.50 bits per heavy atom. The van der Waals surface area contributed by atoms with Crippen LogP contribution in [0.15, 0.2) is 12.1 Å². The van der Waals surface area contributed by atoms with Crippen molar-refractivity contribution in [2.45, 2.75) is 24.5 Å². The van der Waals surface area contributed by atoms with Gasteiger partial charge >= 0.3 is 0 Å². The van der Waals surface area contributed by atoms with Crippen molar-refractivity contribution in [1.82, 2.24) is 0 Å². The Morgan fingerprint density at radius 3 is 3.05 bits per heavy atom. The van der Waals surface area contributed by atoms with E-state index in [4.69, 9.17) is 0 Å². The Bertz CT molecular complexity index is 570. The Hall–Kier alpha value is -1.76. The highest BCUT2D eigenvalue weighted by molar-refractivity contribution is 8.00. The molecule has 106 valence electrons. The van der Waals surface area contributed by atoms with E-state index >= 15 is 0 Å². The molecule has 0 spiro atoms. The van der Waals surface area contributed by atoms with Crippen molar-refractivity contribution in [1.29, 1.82) is 0 Å². The molecule has 1 atom stereocenters. The fourth-order valence-corrected chi connectivity index (χ4v) is 3.78. The monoisotopic (exact) mass is 293 g/mol. The molecule has 1 aromatic rings. The molecule has 2 heterocycles. The van der Waals surface area contributed by atoms with Gasteiger partial charge in [0.1, 0.15) is 5.69 Å². The lowest BCUT2D eigenvalue weighted by molar-refractivity contribution is -0.384. The SMILES string of the molecule is O=C1Cc2cc([N+](=O)[O-])c(NCC3CCCS3)cc2N1. The van der Waals surface area contributed by atoms with Gasteiger partial charge in [-0.25, -0.2) is 0 Å². The summed E-state index contributed by atoms with van der Waals surface area (Å²) >= 11 is 1.90. The minimum atomic E-state index is -0.396. The predicted molar refractivity (Wildman–Crippen MR) is 79.4 cm³/mol. The number of hydrogen-bond acceptors (Lipinski definition) is 5. The van der Waals surface area contributed by atoms with Crippen molar-refractivity contribution < 1.29 is 9.72 Å². The molecule has 2 N–H and O–H groups in total. The van der Waals surface area contributed by atoms with E-state index in [1.54, 1.807) is 6.07 Å². The second-order valence-electron chi connectivity index (χ2n) is 5.02. The number of carbonyl (C=O) groups excluding carboxylic acids is 1. The minimum Gasteiger partial charge on any atom is -0.378 e. The van der Waals surface area contributed by atoms with Crippen LogP contribution in [0.3, 0.4) is 0 Å². The fourth-order valence-electron chi connectivity index (χ4n) is 2.58. The van der Waals surface area contributed by atoms with Gasteiger partial charge in [0, 0.05) is 23.5 Å². The summed E-state index contributed by atoms with van der Waals surface area (Å²) in [5, 5.41) is 17.6. The topological polar surface area (TPSA) is 84.3 Å². The Labute approximate surface area is 120 Å². The maximum absolute atomic E-state index is 11.4. The van der Waals surface area contributed by atoms with Gasteiger partial charge in [-0.15, -0.1) is 0 Å². The first-order valence-electron chi connectivity index (χ1n) is 6.60. The maximum atomic E-state index is 11.4. The van der Waals surface area contributed by atoms with Crippen LogP contribution >= 0.6 is 11.8 Å². The molecule has 0 saturated carbocycles. The van der Waals surface area contributed by atoms with E-state index in [1.807, 2.05) is 11.8 Å². The fraction of sp³-hybridized carbons (Fsp3) is 0.462. The maximum Gasteiger partial charge on any atom is 0.292 e. The van der Waals surface area contributed by atoms with Gasteiger partial charge in [-0.2, -0.15) is 11.8 Å². The zero-order chi connectivity index (χ0) is 14.1. The lowest BCUT2D eigenvalue weighted by Gasteiger charge is -2.12. The highest BCUT2D eigenvalue weighted by Crippen LogP contribution is 2.35. The summed E-state index contributed by atoms with van der Waals surface area (Å²) < 4.78 is 0. The number of rotatable bonds is 4. The Kier molecular flexibility index (Phi) is 3.52.